The number of hydrogen-bond donors (Lipinski definition) is 1. The highest BCUT2D eigenvalue weighted by Gasteiger charge is 2.38. The zero-order chi connectivity index (χ0) is 20.6. The highest BCUT2D eigenvalue weighted by Crippen LogP contribution is 2.42. The summed E-state index contributed by atoms with van der Waals surface area (Å²) in [5, 5.41) is 10.9. The van der Waals surface area contributed by atoms with E-state index >= 15 is 0 Å². The first-order chi connectivity index (χ1) is 13.8. The van der Waals surface area contributed by atoms with Gasteiger partial charge in [-0.2, -0.15) is 13.2 Å². The van der Waals surface area contributed by atoms with Crippen LogP contribution < -0.4 is 5.32 Å². The zero-order valence-corrected chi connectivity index (χ0v) is 16.0. The minimum Gasteiger partial charge on any atom is -0.351 e. The lowest BCUT2D eigenvalue weighted by molar-refractivity contribution is -0.137. The summed E-state index contributed by atoms with van der Waals surface area (Å²) in [6.07, 6.45) is -1.03. The highest BCUT2D eigenvalue weighted by atomic mass is 19.4. The van der Waals surface area contributed by atoms with Gasteiger partial charge < -0.3 is 5.32 Å². The van der Waals surface area contributed by atoms with Crippen molar-refractivity contribution in [1.29, 1.82) is 0 Å². The second-order valence-electron chi connectivity index (χ2n) is 7.67. The van der Waals surface area contributed by atoms with Gasteiger partial charge in [-0.05, 0) is 42.7 Å². The largest absolute Gasteiger partial charge is 0.416 e. The van der Waals surface area contributed by atoms with Crippen molar-refractivity contribution < 1.29 is 18.0 Å². The lowest BCUT2D eigenvalue weighted by Gasteiger charge is -2.30. The van der Waals surface area contributed by atoms with Crippen molar-refractivity contribution in [3.05, 3.63) is 59.2 Å². The third-order valence-electron chi connectivity index (χ3n) is 5.82. The van der Waals surface area contributed by atoms with E-state index in [1.165, 1.54) is 12.1 Å². The molecule has 152 valence electrons. The summed E-state index contributed by atoms with van der Waals surface area (Å²) < 4.78 is 41.1. The number of amides is 1. The van der Waals surface area contributed by atoms with Crippen LogP contribution >= 0.6 is 0 Å². The van der Waals surface area contributed by atoms with Crippen molar-refractivity contribution in [1.82, 2.24) is 20.3 Å². The second kappa shape index (κ2) is 7.17. The first kappa shape index (κ1) is 19.4. The fourth-order valence-corrected chi connectivity index (χ4v) is 4.18. The number of nitrogens with one attached hydrogen (secondary N) is 1. The maximum Gasteiger partial charge on any atom is 0.416 e. The highest BCUT2D eigenvalue weighted by molar-refractivity contribution is 5.97. The molecule has 8 heteroatoms. The van der Waals surface area contributed by atoms with E-state index in [4.69, 9.17) is 0 Å². The number of carbonyl (C=O) groups excluding carboxylic acids is 1. The van der Waals surface area contributed by atoms with Gasteiger partial charge in [0, 0.05) is 24.6 Å². The first-order valence-electron chi connectivity index (χ1n) is 9.54. The predicted molar refractivity (Wildman–Crippen MR) is 102 cm³/mol. The molecule has 5 nitrogen and oxygen atoms in total. The smallest absolute Gasteiger partial charge is 0.351 e. The number of aromatic nitrogens is 3. The summed E-state index contributed by atoms with van der Waals surface area (Å²) in [5.41, 5.74) is 1.39. The van der Waals surface area contributed by atoms with Gasteiger partial charge in [0.2, 0.25) is 0 Å². The lowest BCUT2D eigenvalue weighted by Crippen LogP contribution is -2.39. The maximum absolute atomic E-state index is 13.2. The molecule has 4 rings (SSSR count). The molecule has 1 aliphatic carbocycles. The molecule has 1 N–H and O–H groups in total. The van der Waals surface area contributed by atoms with E-state index in [1.807, 2.05) is 0 Å². The molecule has 2 aromatic carbocycles. The van der Waals surface area contributed by atoms with E-state index in [0.29, 0.717) is 23.2 Å². The fourth-order valence-electron chi connectivity index (χ4n) is 4.18. The minimum absolute atomic E-state index is 0.268. The molecule has 3 aromatic rings. The van der Waals surface area contributed by atoms with Crippen molar-refractivity contribution in [3.8, 4) is 0 Å². The fraction of sp³-hybridized carbons (Fsp3) is 0.381. The van der Waals surface area contributed by atoms with Crippen molar-refractivity contribution in [2.75, 3.05) is 6.54 Å². The van der Waals surface area contributed by atoms with Crippen LogP contribution in [0.1, 0.15) is 47.2 Å². The Hall–Kier alpha value is -2.90. The molecular formula is C21H21F3N4O. The number of hydrogen-bond acceptors (Lipinski definition) is 3. The molecule has 1 saturated carbocycles. The van der Waals surface area contributed by atoms with E-state index in [1.54, 1.807) is 36.0 Å². The van der Waals surface area contributed by atoms with Gasteiger partial charge in [-0.15, -0.1) is 5.10 Å². The summed E-state index contributed by atoms with van der Waals surface area (Å²) in [7, 11) is 1.77. The molecule has 0 atom stereocenters. The van der Waals surface area contributed by atoms with Gasteiger partial charge in [-0.25, -0.2) is 4.68 Å². The molecule has 0 saturated heterocycles. The van der Waals surface area contributed by atoms with E-state index in [0.717, 1.165) is 37.3 Å². The van der Waals surface area contributed by atoms with Crippen molar-refractivity contribution in [2.24, 2.45) is 7.05 Å². The molecule has 1 aliphatic rings. The van der Waals surface area contributed by atoms with Crippen LogP contribution in [0.2, 0.25) is 0 Å². The Morgan fingerprint density at radius 3 is 2.66 bits per heavy atom. The lowest BCUT2D eigenvalue weighted by atomic mass is 9.78. The van der Waals surface area contributed by atoms with Gasteiger partial charge >= 0.3 is 6.18 Å². The van der Waals surface area contributed by atoms with Gasteiger partial charge in [0.05, 0.1) is 11.1 Å². The van der Waals surface area contributed by atoms with Crippen LogP contribution in [-0.2, 0) is 18.6 Å². The predicted octanol–water partition coefficient (Wildman–Crippen LogP) is 4.23. The van der Waals surface area contributed by atoms with Gasteiger partial charge in [-0.1, -0.05) is 36.3 Å². The Balaban J connectivity index is 1.56. The number of carbonyl (C=O) groups is 1. The molecule has 0 unspecified atom stereocenters. The average molecular weight is 402 g/mol. The molecule has 0 aliphatic heterocycles. The number of nitrogens with zero attached hydrogens (tertiary/aromatic N) is 3. The summed E-state index contributed by atoms with van der Waals surface area (Å²) >= 11 is 0. The monoisotopic (exact) mass is 402 g/mol. The number of aryl methyl sites for hydroxylation is 1. The first-order valence-corrected chi connectivity index (χ1v) is 9.54. The van der Waals surface area contributed by atoms with Crippen LogP contribution in [0.25, 0.3) is 11.0 Å². The van der Waals surface area contributed by atoms with Crippen molar-refractivity contribution in [2.45, 2.75) is 37.3 Å². The summed E-state index contributed by atoms with van der Waals surface area (Å²) in [6.45, 7) is 0.297. The molecule has 0 bridgehead atoms. The van der Waals surface area contributed by atoms with Crippen LogP contribution in [0.4, 0.5) is 13.2 Å². The van der Waals surface area contributed by atoms with Crippen LogP contribution in [0.3, 0.4) is 0 Å². The van der Waals surface area contributed by atoms with Gasteiger partial charge in [0.25, 0.3) is 5.91 Å². The minimum atomic E-state index is -4.38. The van der Waals surface area contributed by atoms with E-state index in [2.05, 4.69) is 15.6 Å². The number of benzene rings is 2. The van der Waals surface area contributed by atoms with E-state index < -0.39 is 17.2 Å². The van der Waals surface area contributed by atoms with Crippen LogP contribution in [-0.4, -0.2) is 27.4 Å². The average Bonchev–Trinajstić information content (AvgIpc) is 3.33. The molecule has 0 radical (unpaired) electrons. The topological polar surface area (TPSA) is 59.8 Å². The van der Waals surface area contributed by atoms with Crippen molar-refractivity contribution >= 4 is 16.9 Å². The number of rotatable bonds is 4. The Morgan fingerprint density at radius 1 is 1.17 bits per heavy atom. The van der Waals surface area contributed by atoms with Crippen LogP contribution in [0.5, 0.6) is 0 Å². The Morgan fingerprint density at radius 2 is 1.93 bits per heavy atom. The van der Waals surface area contributed by atoms with E-state index in [-0.39, 0.29) is 5.91 Å². The molecule has 1 heterocycles. The number of fused-ring (bicyclic) bond motifs is 1. The Labute approximate surface area is 165 Å². The molecular weight excluding hydrogens is 381 g/mol. The standard InChI is InChI=1S/C21H21F3N4O/c1-28-18-8-7-14(11-17(18)26-27-28)19(29)25-13-20(9-2-3-10-20)15-5-4-6-16(12-15)21(22,23)24/h4-8,11-12H,2-3,9-10,13H2,1H3,(H,25,29). The molecule has 29 heavy (non-hydrogen) atoms. The maximum atomic E-state index is 13.2. The van der Waals surface area contributed by atoms with E-state index in [9.17, 15) is 18.0 Å². The Bertz CT molecular complexity index is 1050. The number of halogens is 3. The quantitative estimate of drug-likeness (QED) is 0.711. The number of alkyl halides is 3. The normalized spacial score (nSPS) is 16.3. The van der Waals surface area contributed by atoms with Gasteiger partial charge in [0.1, 0.15) is 5.52 Å². The molecule has 1 aromatic heterocycles. The summed E-state index contributed by atoms with van der Waals surface area (Å²) in [4.78, 5) is 12.7. The van der Waals surface area contributed by atoms with Crippen LogP contribution in [0, 0.1) is 0 Å². The Kier molecular flexibility index (Phi) is 4.80. The third-order valence-corrected chi connectivity index (χ3v) is 5.82. The second-order valence-corrected chi connectivity index (χ2v) is 7.67. The van der Waals surface area contributed by atoms with Gasteiger partial charge in [0.15, 0.2) is 0 Å². The van der Waals surface area contributed by atoms with Gasteiger partial charge in [-0.3, -0.25) is 4.79 Å². The molecule has 1 amide bonds. The SMILES string of the molecule is Cn1nnc2cc(C(=O)NCC3(c4cccc(C(F)(F)F)c4)CCCC3)ccc21. The van der Waals surface area contributed by atoms with Crippen LogP contribution in [0.15, 0.2) is 42.5 Å². The zero-order valence-electron chi connectivity index (χ0n) is 16.0. The molecule has 1 fully saturated rings. The third kappa shape index (κ3) is 3.71. The summed E-state index contributed by atoms with van der Waals surface area (Å²) in [5.74, 6) is -0.268. The van der Waals surface area contributed by atoms with Crippen molar-refractivity contribution in [3.63, 3.8) is 0 Å². The summed E-state index contributed by atoms with van der Waals surface area (Å²) in [6, 6.07) is 10.6. The molecule has 0 spiro atoms.